The van der Waals surface area contributed by atoms with Crippen LogP contribution in [-0.4, -0.2) is 14.5 Å². The Morgan fingerprint density at radius 2 is 1.67 bits per heavy atom. The van der Waals surface area contributed by atoms with Crippen molar-refractivity contribution in [2.24, 2.45) is 5.92 Å². The van der Waals surface area contributed by atoms with Crippen LogP contribution in [0.25, 0.3) is 0 Å². The quantitative estimate of drug-likeness (QED) is 0.921. The second-order valence-electron chi connectivity index (χ2n) is 6.18. The summed E-state index contributed by atoms with van der Waals surface area (Å²) in [6.45, 7) is 5.20. The number of halogens is 1. The van der Waals surface area contributed by atoms with Gasteiger partial charge in [0.2, 0.25) is 10.0 Å². The maximum Gasteiger partial charge on any atom is 0.241 e. The first-order valence-corrected chi connectivity index (χ1v) is 9.08. The molecular formula is C16H24FNO2S. The average molecular weight is 313 g/mol. The van der Waals surface area contributed by atoms with Crippen LogP contribution < -0.4 is 4.72 Å². The van der Waals surface area contributed by atoms with Crippen molar-refractivity contribution < 1.29 is 12.8 Å². The summed E-state index contributed by atoms with van der Waals surface area (Å²) in [6.07, 6.45) is 5.74. The van der Waals surface area contributed by atoms with Crippen LogP contribution in [0.3, 0.4) is 0 Å². The number of rotatable bonds is 4. The third kappa shape index (κ3) is 3.83. The molecule has 21 heavy (non-hydrogen) atoms. The number of aryl methyl sites for hydroxylation is 2. The van der Waals surface area contributed by atoms with Crippen LogP contribution in [0.5, 0.6) is 0 Å². The summed E-state index contributed by atoms with van der Waals surface area (Å²) in [5, 5.41) is 0. The van der Waals surface area contributed by atoms with Crippen molar-refractivity contribution in [3.8, 4) is 0 Å². The Kier molecular flexibility index (Phi) is 5.04. The van der Waals surface area contributed by atoms with Gasteiger partial charge in [0, 0.05) is 6.04 Å². The molecule has 1 N–H and O–H groups in total. The van der Waals surface area contributed by atoms with Crippen molar-refractivity contribution in [3.63, 3.8) is 0 Å². The zero-order valence-corrected chi connectivity index (χ0v) is 13.8. The highest BCUT2D eigenvalue weighted by Crippen LogP contribution is 2.28. The second kappa shape index (κ2) is 6.44. The van der Waals surface area contributed by atoms with E-state index in [-0.39, 0.29) is 10.9 Å². The van der Waals surface area contributed by atoms with Gasteiger partial charge in [0.1, 0.15) is 5.82 Å². The number of nitrogens with one attached hydrogen (secondary N) is 1. The van der Waals surface area contributed by atoms with E-state index in [0.717, 1.165) is 12.8 Å². The van der Waals surface area contributed by atoms with Crippen LogP contribution in [0.1, 0.15) is 50.2 Å². The molecule has 1 aromatic carbocycles. The monoisotopic (exact) mass is 313 g/mol. The third-order valence-corrected chi connectivity index (χ3v) is 6.26. The van der Waals surface area contributed by atoms with E-state index in [0.29, 0.717) is 17.0 Å². The second-order valence-corrected chi connectivity index (χ2v) is 7.83. The Morgan fingerprint density at radius 1 is 1.14 bits per heavy atom. The predicted octanol–water partition coefficient (Wildman–Crippen LogP) is 3.69. The molecule has 2 rings (SSSR count). The Hall–Kier alpha value is -0.940. The van der Waals surface area contributed by atoms with E-state index in [1.807, 2.05) is 6.92 Å². The first kappa shape index (κ1) is 16.4. The lowest BCUT2D eigenvalue weighted by Gasteiger charge is -2.28. The molecule has 1 unspecified atom stereocenters. The Labute approximate surface area is 127 Å². The predicted molar refractivity (Wildman–Crippen MR) is 82.2 cm³/mol. The fourth-order valence-electron chi connectivity index (χ4n) is 3.36. The minimum atomic E-state index is -3.60. The van der Waals surface area contributed by atoms with Crippen molar-refractivity contribution in [3.05, 3.63) is 29.1 Å². The zero-order valence-electron chi connectivity index (χ0n) is 12.9. The molecule has 1 aliphatic rings. The summed E-state index contributed by atoms with van der Waals surface area (Å²) >= 11 is 0. The zero-order chi connectivity index (χ0) is 15.6. The van der Waals surface area contributed by atoms with Crippen LogP contribution >= 0.6 is 0 Å². The van der Waals surface area contributed by atoms with E-state index in [4.69, 9.17) is 0 Å². The molecule has 1 aromatic rings. The highest BCUT2D eigenvalue weighted by Gasteiger charge is 2.27. The van der Waals surface area contributed by atoms with Gasteiger partial charge in [-0.05, 0) is 62.8 Å². The number of hydrogen-bond acceptors (Lipinski definition) is 2. The van der Waals surface area contributed by atoms with Crippen molar-refractivity contribution in [1.29, 1.82) is 0 Å². The van der Waals surface area contributed by atoms with Gasteiger partial charge in [-0.2, -0.15) is 0 Å². The molecule has 0 aromatic heterocycles. The summed E-state index contributed by atoms with van der Waals surface area (Å²) in [6, 6.07) is 2.46. The van der Waals surface area contributed by atoms with Crippen molar-refractivity contribution in [1.82, 2.24) is 4.72 Å². The summed E-state index contributed by atoms with van der Waals surface area (Å²) in [5.74, 6) is -0.00105. The van der Waals surface area contributed by atoms with Gasteiger partial charge in [-0.1, -0.05) is 19.3 Å². The molecule has 0 heterocycles. The first-order valence-electron chi connectivity index (χ1n) is 7.60. The van der Waals surface area contributed by atoms with E-state index in [9.17, 15) is 12.8 Å². The largest absolute Gasteiger partial charge is 0.241 e. The topological polar surface area (TPSA) is 46.2 Å². The summed E-state index contributed by atoms with van der Waals surface area (Å²) in [7, 11) is -3.60. The molecule has 118 valence electrons. The van der Waals surface area contributed by atoms with E-state index < -0.39 is 15.8 Å². The minimum Gasteiger partial charge on any atom is -0.208 e. The fourth-order valence-corrected chi connectivity index (χ4v) is 5.12. The smallest absolute Gasteiger partial charge is 0.208 e. The Balaban J connectivity index is 2.22. The summed E-state index contributed by atoms with van der Waals surface area (Å²) < 4.78 is 41.3. The number of hydrogen-bond donors (Lipinski definition) is 1. The standard InChI is InChI=1S/C16H24FNO2S/c1-11-9-15(17)10-12(2)16(11)21(19,20)18-13(3)14-7-5-4-6-8-14/h9-10,13-14,18H,4-8H2,1-3H3. The Bertz CT molecular complexity index is 584. The fraction of sp³-hybridized carbons (Fsp3) is 0.625. The number of sulfonamides is 1. The van der Waals surface area contributed by atoms with Crippen molar-refractivity contribution >= 4 is 10.0 Å². The van der Waals surface area contributed by atoms with Gasteiger partial charge in [-0.15, -0.1) is 0 Å². The molecule has 0 radical (unpaired) electrons. The van der Waals surface area contributed by atoms with Gasteiger partial charge in [-0.3, -0.25) is 0 Å². The van der Waals surface area contributed by atoms with Crippen molar-refractivity contribution in [2.45, 2.75) is 63.8 Å². The molecule has 0 amide bonds. The van der Waals surface area contributed by atoms with Gasteiger partial charge in [0.15, 0.2) is 0 Å². The van der Waals surface area contributed by atoms with Gasteiger partial charge in [-0.25, -0.2) is 17.5 Å². The van der Waals surface area contributed by atoms with E-state index >= 15 is 0 Å². The average Bonchev–Trinajstić information content (AvgIpc) is 2.37. The van der Waals surface area contributed by atoms with Crippen LogP contribution in [0, 0.1) is 25.6 Å². The van der Waals surface area contributed by atoms with E-state index in [1.54, 1.807) is 13.8 Å². The lowest BCUT2D eigenvalue weighted by Crippen LogP contribution is -2.39. The number of benzene rings is 1. The SMILES string of the molecule is Cc1cc(F)cc(C)c1S(=O)(=O)NC(C)C1CCCCC1. The van der Waals surface area contributed by atoms with Gasteiger partial charge in [0.25, 0.3) is 0 Å². The van der Waals surface area contributed by atoms with Crippen LogP contribution in [0.15, 0.2) is 17.0 Å². The van der Waals surface area contributed by atoms with Crippen LogP contribution in [0.2, 0.25) is 0 Å². The maximum absolute atomic E-state index is 13.3. The lowest BCUT2D eigenvalue weighted by molar-refractivity contribution is 0.303. The molecule has 1 atom stereocenters. The molecular weight excluding hydrogens is 289 g/mol. The highest BCUT2D eigenvalue weighted by molar-refractivity contribution is 7.89. The van der Waals surface area contributed by atoms with Crippen molar-refractivity contribution in [2.75, 3.05) is 0 Å². The molecule has 1 saturated carbocycles. The minimum absolute atomic E-state index is 0.0841. The van der Waals surface area contributed by atoms with Gasteiger partial charge >= 0.3 is 0 Å². The van der Waals surface area contributed by atoms with Gasteiger partial charge < -0.3 is 0 Å². The van der Waals surface area contributed by atoms with Gasteiger partial charge in [0.05, 0.1) is 4.90 Å². The molecule has 0 spiro atoms. The molecule has 0 saturated heterocycles. The summed E-state index contributed by atoms with van der Waals surface area (Å²) in [4.78, 5) is 0.214. The normalized spacial score (nSPS) is 18.7. The lowest BCUT2D eigenvalue weighted by atomic mass is 9.85. The molecule has 5 heteroatoms. The first-order chi connectivity index (χ1) is 9.81. The maximum atomic E-state index is 13.3. The van der Waals surface area contributed by atoms with Crippen LogP contribution in [0.4, 0.5) is 4.39 Å². The molecule has 0 aliphatic heterocycles. The van der Waals surface area contributed by atoms with Crippen LogP contribution in [-0.2, 0) is 10.0 Å². The molecule has 1 fully saturated rings. The molecule has 3 nitrogen and oxygen atoms in total. The summed E-state index contributed by atoms with van der Waals surface area (Å²) in [5.41, 5.74) is 0.909. The molecule has 1 aliphatic carbocycles. The Morgan fingerprint density at radius 3 is 2.19 bits per heavy atom. The van der Waals surface area contributed by atoms with E-state index in [2.05, 4.69) is 4.72 Å². The van der Waals surface area contributed by atoms with E-state index in [1.165, 1.54) is 31.4 Å². The molecule has 0 bridgehead atoms. The highest BCUT2D eigenvalue weighted by atomic mass is 32.2. The third-order valence-electron chi connectivity index (χ3n) is 4.39.